The summed E-state index contributed by atoms with van der Waals surface area (Å²) in [5, 5.41) is 0. The van der Waals surface area contributed by atoms with Gasteiger partial charge in [-0.05, 0) is 33.1 Å². The zero-order valence-electron chi connectivity index (χ0n) is 12.4. The van der Waals surface area contributed by atoms with Crippen LogP contribution >= 0.6 is 15.9 Å². The molecule has 20 heavy (non-hydrogen) atoms. The van der Waals surface area contributed by atoms with E-state index < -0.39 is 5.60 Å². The first-order valence-electron chi connectivity index (χ1n) is 7.14. The predicted octanol–water partition coefficient (Wildman–Crippen LogP) is 2.24. The smallest absolute Gasteiger partial charge is 0.410 e. The number of hydrogen-bond donors (Lipinski definition) is 0. The molecule has 2 aliphatic heterocycles. The molecule has 2 fully saturated rings. The molecular formula is C14H23BrN2O3. The SMILES string of the molecule is CC(C)(C)OC(=O)N1CC(CCN2CC(Br)CC2=O)C1. The molecule has 114 valence electrons. The highest BCUT2D eigenvalue weighted by Crippen LogP contribution is 2.24. The molecule has 2 rings (SSSR count). The molecule has 0 N–H and O–H groups in total. The maximum absolute atomic E-state index is 11.8. The second kappa shape index (κ2) is 5.92. The Bertz CT molecular complexity index is 388. The van der Waals surface area contributed by atoms with Gasteiger partial charge in [0.2, 0.25) is 5.91 Å². The lowest BCUT2D eigenvalue weighted by molar-refractivity contribution is -0.128. The van der Waals surface area contributed by atoms with E-state index in [0.717, 1.165) is 32.6 Å². The molecule has 1 atom stereocenters. The largest absolute Gasteiger partial charge is 0.444 e. The highest BCUT2D eigenvalue weighted by molar-refractivity contribution is 9.09. The van der Waals surface area contributed by atoms with E-state index >= 15 is 0 Å². The zero-order chi connectivity index (χ0) is 14.9. The van der Waals surface area contributed by atoms with Crippen LogP contribution in [-0.2, 0) is 9.53 Å². The summed E-state index contributed by atoms with van der Waals surface area (Å²) in [4.78, 5) is 27.4. The van der Waals surface area contributed by atoms with Crippen LogP contribution in [0.25, 0.3) is 0 Å². The quantitative estimate of drug-likeness (QED) is 0.736. The Kier molecular flexibility index (Phi) is 4.62. The van der Waals surface area contributed by atoms with Gasteiger partial charge in [-0.3, -0.25) is 4.79 Å². The topological polar surface area (TPSA) is 49.9 Å². The second-order valence-electron chi connectivity index (χ2n) is 6.68. The Labute approximate surface area is 128 Å². The van der Waals surface area contributed by atoms with E-state index in [4.69, 9.17) is 4.74 Å². The minimum atomic E-state index is -0.435. The highest BCUT2D eigenvalue weighted by atomic mass is 79.9. The van der Waals surface area contributed by atoms with Crippen LogP contribution in [0.5, 0.6) is 0 Å². The lowest BCUT2D eigenvalue weighted by atomic mass is 9.97. The maximum Gasteiger partial charge on any atom is 0.410 e. The molecule has 0 aliphatic carbocycles. The van der Waals surface area contributed by atoms with Crippen molar-refractivity contribution in [3.8, 4) is 0 Å². The number of alkyl halides is 1. The van der Waals surface area contributed by atoms with Crippen LogP contribution < -0.4 is 0 Å². The third kappa shape index (κ3) is 4.11. The van der Waals surface area contributed by atoms with Crippen LogP contribution in [0.3, 0.4) is 0 Å². The second-order valence-corrected chi connectivity index (χ2v) is 7.98. The molecule has 0 saturated carbocycles. The molecule has 0 spiro atoms. The minimum Gasteiger partial charge on any atom is -0.444 e. The molecule has 0 aromatic rings. The first-order chi connectivity index (χ1) is 9.24. The van der Waals surface area contributed by atoms with Crippen molar-refractivity contribution in [2.24, 2.45) is 5.92 Å². The standard InChI is InChI=1S/C14H23BrN2O3/c1-14(2,3)20-13(19)17-7-10(8-17)4-5-16-9-11(15)6-12(16)18/h10-11H,4-9H2,1-3H3. The number of halogens is 1. The first kappa shape index (κ1) is 15.6. The number of nitrogens with zero attached hydrogens (tertiary/aromatic N) is 2. The van der Waals surface area contributed by atoms with Crippen molar-refractivity contribution in [2.75, 3.05) is 26.2 Å². The molecule has 1 unspecified atom stereocenters. The van der Waals surface area contributed by atoms with Gasteiger partial charge in [0, 0.05) is 37.4 Å². The summed E-state index contributed by atoms with van der Waals surface area (Å²) in [6, 6.07) is 0. The van der Waals surface area contributed by atoms with Gasteiger partial charge in [0.05, 0.1) is 0 Å². The molecule has 0 radical (unpaired) electrons. The van der Waals surface area contributed by atoms with E-state index in [1.165, 1.54) is 0 Å². The molecule has 0 aromatic carbocycles. The Morgan fingerprint density at radius 2 is 2.00 bits per heavy atom. The monoisotopic (exact) mass is 346 g/mol. The van der Waals surface area contributed by atoms with E-state index in [1.54, 1.807) is 4.90 Å². The number of ether oxygens (including phenoxy) is 1. The number of carbonyl (C=O) groups excluding carboxylic acids is 2. The molecule has 5 nitrogen and oxygen atoms in total. The molecule has 0 bridgehead atoms. The van der Waals surface area contributed by atoms with Crippen LogP contribution in [-0.4, -0.2) is 58.4 Å². The van der Waals surface area contributed by atoms with E-state index in [-0.39, 0.29) is 12.0 Å². The lowest BCUT2D eigenvalue weighted by Gasteiger charge is -2.40. The van der Waals surface area contributed by atoms with Crippen molar-refractivity contribution in [1.82, 2.24) is 9.80 Å². The van der Waals surface area contributed by atoms with Crippen molar-refractivity contribution in [1.29, 1.82) is 0 Å². The van der Waals surface area contributed by atoms with Crippen molar-refractivity contribution < 1.29 is 14.3 Å². The van der Waals surface area contributed by atoms with E-state index in [1.807, 2.05) is 25.7 Å². The minimum absolute atomic E-state index is 0.230. The van der Waals surface area contributed by atoms with Crippen molar-refractivity contribution in [3.05, 3.63) is 0 Å². The zero-order valence-corrected chi connectivity index (χ0v) is 14.0. The van der Waals surface area contributed by atoms with Gasteiger partial charge in [-0.15, -0.1) is 0 Å². The fourth-order valence-electron chi connectivity index (χ4n) is 2.51. The fourth-order valence-corrected chi connectivity index (χ4v) is 3.13. The average Bonchev–Trinajstić information content (AvgIpc) is 2.52. The highest BCUT2D eigenvalue weighted by Gasteiger charge is 2.35. The Morgan fingerprint density at radius 3 is 2.50 bits per heavy atom. The summed E-state index contributed by atoms with van der Waals surface area (Å²) >= 11 is 3.48. The molecule has 2 saturated heterocycles. The number of amides is 2. The van der Waals surface area contributed by atoms with Gasteiger partial charge in [-0.25, -0.2) is 4.79 Å². The van der Waals surface area contributed by atoms with E-state index in [0.29, 0.717) is 17.2 Å². The molecule has 6 heteroatoms. The van der Waals surface area contributed by atoms with Crippen LogP contribution in [0.4, 0.5) is 4.79 Å². The van der Waals surface area contributed by atoms with Crippen LogP contribution in [0.2, 0.25) is 0 Å². The Hall–Kier alpha value is -0.780. The summed E-state index contributed by atoms with van der Waals surface area (Å²) in [6.07, 6.45) is 1.34. The molecule has 0 aromatic heterocycles. The Morgan fingerprint density at radius 1 is 1.35 bits per heavy atom. The summed E-state index contributed by atoms with van der Waals surface area (Å²) in [5.41, 5.74) is -0.435. The molecule has 2 amide bonds. The molecule has 2 heterocycles. The van der Waals surface area contributed by atoms with Gasteiger partial charge in [-0.1, -0.05) is 15.9 Å². The molecular weight excluding hydrogens is 324 g/mol. The Balaban J connectivity index is 1.65. The van der Waals surface area contributed by atoms with Gasteiger partial charge >= 0.3 is 6.09 Å². The third-order valence-corrected chi connectivity index (χ3v) is 4.20. The van der Waals surface area contributed by atoms with Gasteiger partial charge in [0.25, 0.3) is 0 Å². The van der Waals surface area contributed by atoms with E-state index in [9.17, 15) is 9.59 Å². The van der Waals surface area contributed by atoms with Crippen molar-refractivity contribution >= 4 is 27.9 Å². The first-order valence-corrected chi connectivity index (χ1v) is 8.06. The maximum atomic E-state index is 11.8. The third-order valence-electron chi connectivity index (χ3n) is 3.58. The van der Waals surface area contributed by atoms with Crippen LogP contribution in [0.1, 0.15) is 33.6 Å². The number of rotatable bonds is 3. The van der Waals surface area contributed by atoms with Crippen molar-refractivity contribution in [2.45, 2.75) is 44.0 Å². The number of hydrogen-bond acceptors (Lipinski definition) is 3. The van der Waals surface area contributed by atoms with Gasteiger partial charge < -0.3 is 14.5 Å². The average molecular weight is 347 g/mol. The molecule has 2 aliphatic rings. The summed E-state index contributed by atoms with van der Waals surface area (Å²) in [7, 11) is 0. The summed E-state index contributed by atoms with van der Waals surface area (Å²) < 4.78 is 5.32. The van der Waals surface area contributed by atoms with Crippen LogP contribution in [0.15, 0.2) is 0 Å². The van der Waals surface area contributed by atoms with Gasteiger partial charge in [-0.2, -0.15) is 0 Å². The number of carbonyl (C=O) groups is 2. The van der Waals surface area contributed by atoms with E-state index in [2.05, 4.69) is 15.9 Å². The number of likely N-dealkylation sites (tertiary alicyclic amines) is 2. The summed E-state index contributed by atoms with van der Waals surface area (Å²) in [6.45, 7) is 8.71. The van der Waals surface area contributed by atoms with Crippen LogP contribution in [0, 0.1) is 5.92 Å². The predicted molar refractivity (Wildman–Crippen MR) is 79.8 cm³/mol. The van der Waals surface area contributed by atoms with Crippen molar-refractivity contribution in [3.63, 3.8) is 0 Å². The van der Waals surface area contributed by atoms with Gasteiger partial charge in [0.15, 0.2) is 0 Å². The fraction of sp³-hybridized carbons (Fsp3) is 0.857. The normalized spacial score (nSPS) is 24.0. The van der Waals surface area contributed by atoms with Gasteiger partial charge in [0.1, 0.15) is 5.60 Å². The lowest BCUT2D eigenvalue weighted by Crippen LogP contribution is -2.52. The summed E-state index contributed by atoms with van der Waals surface area (Å²) in [5.74, 6) is 0.722.